The number of rotatable bonds is 8. The van der Waals surface area contributed by atoms with E-state index >= 15 is 0 Å². The molecule has 0 aromatic carbocycles. The van der Waals surface area contributed by atoms with Crippen molar-refractivity contribution in [2.24, 2.45) is 0 Å². The molecule has 0 heterocycles. The van der Waals surface area contributed by atoms with Crippen LogP contribution >= 0.6 is 11.8 Å². The molecule has 0 unspecified atom stereocenters. The van der Waals surface area contributed by atoms with E-state index in [9.17, 15) is 0 Å². The summed E-state index contributed by atoms with van der Waals surface area (Å²) < 4.78 is 0. The van der Waals surface area contributed by atoms with Gasteiger partial charge in [0.15, 0.2) is 0 Å². The van der Waals surface area contributed by atoms with Gasteiger partial charge < -0.3 is 5.32 Å². The van der Waals surface area contributed by atoms with Crippen LogP contribution in [-0.2, 0) is 0 Å². The third-order valence-corrected chi connectivity index (χ3v) is 2.69. The van der Waals surface area contributed by atoms with E-state index in [1.807, 2.05) is 0 Å². The highest BCUT2D eigenvalue weighted by Gasteiger charge is 1.88. The zero-order valence-electron chi connectivity index (χ0n) is 7.86. The molecule has 0 aliphatic rings. The quantitative estimate of drug-likeness (QED) is 0.569. The van der Waals surface area contributed by atoms with Gasteiger partial charge in [0, 0.05) is 0 Å². The Morgan fingerprint density at radius 2 is 1.82 bits per heavy atom. The minimum absolute atomic E-state index is 1.11. The Hall–Kier alpha value is 0.310. The second-order valence-electron chi connectivity index (χ2n) is 2.67. The van der Waals surface area contributed by atoms with Gasteiger partial charge in [0.1, 0.15) is 0 Å². The van der Waals surface area contributed by atoms with E-state index in [-0.39, 0.29) is 0 Å². The van der Waals surface area contributed by atoms with Gasteiger partial charge in [-0.2, -0.15) is 11.8 Å². The molecule has 0 atom stereocenters. The maximum atomic E-state index is 3.33. The van der Waals surface area contributed by atoms with Crippen molar-refractivity contribution < 1.29 is 0 Å². The highest BCUT2D eigenvalue weighted by Crippen LogP contribution is 2.04. The van der Waals surface area contributed by atoms with E-state index in [1.165, 1.54) is 37.3 Å². The van der Waals surface area contributed by atoms with Crippen LogP contribution in [0.5, 0.6) is 0 Å². The molecule has 0 saturated carbocycles. The van der Waals surface area contributed by atoms with Gasteiger partial charge >= 0.3 is 0 Å². The Bertz CT molecular complexity index is 58.6. The first-order chi connectivity index (χ1) is 5.41. The van der Waals surface area contributed by atoms with Gasteiger partial charge in [-0.05, 0) is 37.4 Å². The summed E-state index contributed by atoms with van der Waals surface area (Å²) in [5.41, 5.74) is 0. The predicted octanol–water partition coefficient (Wildman–Crippen LogP) is 2.52. The molecule has 0 bridgehead atoms. The monoisotopic (exact) mass is 175 g/mol. The smallest absolute Gasteiger partial charge is 0.00412 e. The highest BCUT2D eigenvalue weighted by molar-refractivity contribution is 7.99. The van der Waals surface area contributed by atoms with Crippen LogP contribution in [0.25, 0.3) is 0 Å². The minimum atomic E-state index is 1.11. The highest BCUT2D eigenvalue weighted by atomic mass is 32.2. The Labute approximate surface area is 75.3 Å². The molecule has 0 spiro atoms. The van der Waals surface area contributed by atoms with Crippen LogP contribution < -0.4 is 5.32 Å². The molecule has 11 heavy (non-hydrogen) atoms. The molecule has 0 radical (unpaired) electrons. The first kappa shape index (κ1) is 11.3. The lowest BCUT2D eigenvalue weighted by molar-refractivity contribution is 0.707. The average Bonchev–Trinajstić information content (AvgIpc) is 2.03. The number of unbranched alkanes of at least 4 members (excludes halogenated alkanes) is 1. The molecular formula is C9H21NS. The summed E-state index contributed by atoms with van der Waals surface area (Å²) in [4.78, 5) is 0. The van der Waals surface area contributed by atoms with E-state index in [0.29, 0.717) is 0 Å². The van der Waals surface area contributed by atoms with Gasteiger partial charge in [-0.25, -0.2) is 0 Å². The topological polar surface area (TPSA) is 12.0 Å². The fourth-order valence-corrected chi connectivity index (χ4v) is 1.87. The largest absolute Gasteiger partial charge is 0.317 e. The van der Waals surface area contributed by atoms with Crippen LogP contribution in [0.1, 0.15) is 33.1 Å². The standard InChI is InChI=1S/C9H21NS/c1-3-5-8-11-9-6-7-10-4-2/h10H,3-9H2,1-2H3. The van der Waals surface area contributed by atoms with E-state index in [1.54, 1.807) is 0 Å². The van der Waals surface area contributed by atoms with Crippen molar-refractivity contribution in [3.8, 4) is 0 Å². The molecule has 68 valence electrons. The molecule has 0 aliphatic carbocycles. The van der Waals surface area contributed by atoms with Gasteiger partial charge in [0.05, 0.1) is 0 Å². The van der Waals surface area contributed by atoms with Crippen molar-refractivity contribution in [1.29, 1.82) is 0 Å². The Balaban J connectivity index is 2.69. The molecule has 0 aromatic rings. The molecular weight excluding hydrogens is 154 g/mol. The van der Waals surface area contributed by atoms with Gasteiger partial charge in [-0.3, -0.25) is 0 Å². The van der Waals surface area contributed by atoms with E-state index < -0.39 is 0 Å². The Kier molecular flexibility index (Phi) is 10.6. The number of thioether (sulfide) groups is 1. The predicted molar refractivity (Wildman–Crippen MR) is 55.4 cm³/mol. The zero-order chi connectivity index (χ0) is 8.36. The maximum absolute atomic E-state index is 3.33. The van der Waals surface area contributed by atoms with E-state index in [0.717, 1.165) is 6.54 Å². The zero-order valence-corrected chi connectivity index (χ0v) is 8.67. The van der Waals surface area contributed by atoms with Crippen LogP contribution in [0.4, 0.5) is 0 Å². The van der Waals surface area contributed by atoms with Crippen LogP contribution in [0.3, 0.4) is 0 Å². The van der Waals surface area contributed by atoms with Gasteiger partial charge in [-0.1, -0.05) is 20.3 Å². The first-order valence-corrected chi connectivity index (χ1v) is 5.85. The van der Waals surface area contributed by atoms with Crippen LogP contribution in [-0.4, -0.2) is 24.6 Å². The SMILES string of the molecule is CCCCSCCCNCC. The molecule has 0 aromatic heterocycles. The lowest BCUT2D eigenvalue weighted by Gasteiger charge is -2.00. The summed E-state index contributed by atoms with van der Waals surface area (Å²) >= 11 is 2.09. The van der Waals surface area contributed by atoms with Crippen molar-refractivity contribution >= 4 is 11.8 Å². The summed E-state index contributed by atoms with van der Waals surface area (Å²) in [6, 6.07) is 0. The van der Waals surface area contributed by atoms with Gasteiger partial charge in [-0.15, -0.1) is 0 Å². The van der Waals surface area contributed by atoms with Gasteiger partial charge in [0.25, 0.3) is 0 Å². The fourth-order valence-electron chi connectivity index (χ4n) is 0.824. The number of hydrogen-bond acceptors (Lipinski definition) is 2. The molecule has 1 N–H and O–H groups in total. The van der Waals surface area contributed by atoms with E-state index in [2.05, 4.69) is 30.9 Å². The molecule has 2 heteroatoms. The van der Waals surface area contributed by atoms with Crippen molar-refractivity contribution in [2.75, 3.05) is 24.6 Å². The minimum Gasteiger partial charge on any atom is -0.317 e. The van der Waals surface area contributed by atoms with Crippen LogP contribution in [0.15, 0.2) is 0 Å². The molecule has 0 saturated heterocycles. The van der Waals surface area contributed by atoms with Crippen molar-refractivity contribution in [3.05, 3.63) is 0 Å². The maximum Gasteiger partial charge on any atom is -0.00412 e. The van der Waals surface area contributed by atoms with Crippen molar-refractivity contribution in [1.82, 2.24) is 5.32 Å². The van der Waals surface area contributed by atoms with Gasteiger partial charge in [0.2, 0.25) is 0 Å². The summed E-state index contributed by atoms with van der Waals surface area (Å²) in [7, 11) is 0. The van der Waals surface area contributed by atoms with E-state index in [4.69, 9.17) is 0 Å². The number of hydrogen-bond donors (Lipinski definition) is 1. The molecule has 1 nitrogen and oxygen atoms in total. The lowest BCUT2D eigenvalue weighted by atomic mass is 10.4. The molecule has 0 amide bonds. The Morgan fingerprint density at radius 1 is 1.09 bits per heavy atom. The van der Waals surface area contributed by atoms with Crippen molar-refractivity contribution in [3.63, 3.8) is 0 Å². The fraction of sp³-hybridized carbons (Fsp3) is 1.00. The molecule has 0 aliphatic heterocycles. The van der Waals surface area contributed by atoms with Crippen molar-refractivity contribution in [2.45, 2.75) is 33.1 Å². The summed E-state index contributed by atoms with van der Waals surface area (Å²) in [6.45, 7) is 6.71. The van der Waals surface area contributed by atoms with Crippen LogP contribution in [0, 0.1) is 0 Å². The molecule has 0 rings (SSSR count). The number of nitrogens with one attached hydrogen (secondary N) is 1. The third kappa shape index (κ3) is 10.3. The molecule has 0 fully saturated rings. The summed E-state index contributed by atoms with van der Waals surface area (Å²) in [5, 5.41) is 3.33. The normalized spacial score (nSPS) is 10.4. The summed E-state index contributed by atoms with van der Waals surface area (Å²) in [6.07, 6.45) is 4.04. The Morgan fingerprint density at radius 3 is 2.45 bits per heavy atom. The third-order valence-electron chi connectivity index (χ3n) is 1.53. The van der Waals surface area contributed by atoms with Crippen LogP contribution in [0.2, 0.25) is 0 Å². The summed E-state index contributed by atoms with van der Waals surface area (Å²) in [5.74, 6) is 2.68. The first-order valence-electron chi connectivity index (χ1n) is 4.70. The second kappa shape index (κ2) is 10.3. The lowest BCUT2D eigenvalue weighted by Crippen LogP contribution is -2.14. The average molecular weight is 175 g/mol. The second-order valence-corrected chi connectivity index (χ2v) is 3.90.